The number of nitrogens with zero attached hydrogens (tertiary/aromatic N) is 2. The number of rotatable bonds is 3. The van der Waals surface area contributed by atoms with E-state index < -0.39 is 11.2 Å². The number of pyridine rings is 1. The lowest BCUT2D eigenvalue weighted by Gasteiger charge is -2.09. The number of H-pyrrole nitrogens is 1. The van der Waals surface area contributed by atoms with Gasteiger partial charge in [0.05, 0.1) is 10.9 Å². The molecule has 132 valence electrons. The minimum atomic E-state index is -0.538. The van der Waals surface area contributed by atoms with Crippen molar-refractivity contribution in [1.82, 2.24) is 14.5 Å². The van der Waals surface area contributed by atoms with E-state index in [4.69, 9.17) is 0 Å². The van der Waals surface area contributed by atoms with Crippen molar-refractivity contribution >= 4 is 38.6 Å². The summed E-state index contributed by atoms with van der Waals surface area (Å²) in [5.74, 6) is -0.371. The second-order valence-electron chi connectivity index (χ2n) is 6.37. The molecular formula is C18H15BrN4O3. The minimum Gasteiger partial charge on any atom is -0.322 e. The third kappa shape index (κ3) is 2.96. The number of aromatic amines is 1. The molecule has 3 aromatic rings. The maximum Gasteiger partial charge on any atom is 0.330 e. The normalized spacial score (nSPS) is 13.8. The summed E-state index contributed by atoms with van der Waals surface area (Å²) in [4.78, 5) is 43.3. The quantitative estimate of drug-likeness (QED) is 0.688. The molecule has 0 unspecified atom stereocenters. The van der Waals surface area contributed by atoms with Gasteiger partial charge in [-0.15, -0.1) is 0 Å². The first-order valence-corrected chi connectivity index (χ1v) is 8.95. The zero-order valence-corrected chi connectivity index (χ0v) is 15.5. The van der Waals surface area contributed by atoms with Crippen molar-refractivity contribution in [3.05, 3.63) is 66.9 Å². The summed E-state index contributed by atoms with van der Waals surface area (Å²) >= 11 is 3.42. The van der Waals surface area contributed by atoms with Crippen LogP contribution in [0, 0.1) is 6.92 Å². The van der Waals surface area contributed by atoms with Crippen LogP contribution in [-0.4, -0.2) is 20.4 Å². The van der Waals surface area contributed by atoms with Crippen LogP contribution in [0.15, 0.2) is 44.5 Å². The van der Waals surface area contributed by atoms with Crippen molar-refractivity contribution in [3.8, 4) is 0 Å². The fourth-order valence-corrected chi connectivity index (χ4v) is 3.11. The zero-order valence-electron chi connectivity index (χ0n) is 13.9. The van der Waals surface area contributed by atoms with Gasteiger partial charge in [0.15, 0.2) is 0 Å². The number of hydrogen-bond donors (Lipinski definition) is 2. The number of amides is 1. The molecule has 7 nitrogen and oxygen atoms in total. The first kappa shape index (κ1) is 16.7. The number of fused-ring (bicyclic) bond motifs is 1. The smallest absolute Gasteiger partial charge is 0.322 e. The van der Waals surface area contributed by atoms with Gasteiger partial charge in [-0.1, -0.05) is 15.9 Å². The van der Waals surface area contributed by atoms with Crippen molar-refractivity contribution in [2.24, 2.45) is 0 Å². The summed E-state index contributed by atoms with van der Waals surface area (Å²) in [5, 5.41) is 3.02. The fraction of sp³-hybridized carbons (Fsp3) is 0.222. The Kier molecular flexibility index (Phi) is 3.99. The van der Waals surface area contributed by atoms with Gasteiger partial charge in [-0.3, -0.25) is 19.1 Å². The molecule has 0 spiro atoms. The Morgan fingerprint density at radius 2 is 2.08 bits per heavy atom. The van der Waals surface area contributed by atoms with Crippen LogP contribution >= 0.6 is 15.9 Å². The Labute approximate surface area is 156 Å². The lowest BCUT2D eigenvalue weighted by molar-refractivity contribution is 0.102. The number of aryl methyl sites for hydroxylation is 1. The molecule has 1 amide bonds. The number of nitrogens with one attached hydrogen (secondary N) is 2. The molecule has 8 heteroatoms. The van der Waals surface area contributed by atoms with Crippen LogP contribution < -0.4 is 16.6 Å². The van der Waals surface area contributed by atoms with Gasteiger partial charge in [0, 0.05) is 22.4 Å². The van der Waals surface area contributed by atoms with Crippen molar-refractivity contribution in [1.29, 1.82) is 0 Å². The molecule has 1 aliphatic carbocycles. The summed E-state index contributed by atoms with van der Waals surface area (Å²) in [6.45, 7) is 1.92. The van der Waals surface area contributed by atoms with Gasteiger partial charge in [-0.05, 0) is 49.6 Å². The molecule has 1 aromatic carbocycles. The maximum atomic E-state index is 12.5. The van der Waals surface area contributed by atoms with Crippen LogP contribution in [0.2, 0.25) is 0 Å². The van der Waals surface area contributed by atoms with Gasteiger partial charge < -0.3 is 5.32 Å². The zero-order chi connectivity index (χ0) is 18.4. The molecule has 2 N–H and O–H groups in total. The Morgan fingerprint density at radius 1 is 1.31 bits per heavy atom. The highest BCUT2D eigenvalue weighted by molar-refractivity contribution is 9.10. The Bertz CT molecular complexity index is 1160. The minimum absolute atomic E-state index is 0.0692. The van der Waals surface area contributed by atoms with Gasteiger partial charge in [-0.25, -0.2) is 9.78 Å². The molecule has 2 aromatic heterocycles. The van der Waals surface area contributed by atoms with E-state index in [1.807, 2.05) is 19.1 Å². The van der Waals surface area contributed by atoms with Gasteiger partial charge in [0.25, 0.3) is 11.5 Å². The standard InChI is InChI=1S/C18H15BrN4O3/c1-9-6-11(2-5-14(9)19)21-16(24)10-7-13-15(20-8-10)23(12-3-4-12)18(26)22-17(13)25/h2,5-8,12H,3-4H2,1H3,(H,21,24)(H,22,25,26). The molecule has 0 aliphatic heterocycles. The van der Waals surface area contributed by atoms with Crippen molar-refractivity contribution in [2.45, 2.75) is 25.8 Å². The summed E-state index contributed by atoms with van der Waals surface area (Å²) in [7, 11) is 0. The van der Waals surface area contributed by atoms with Crippen LogP contribution in [0.25, 0.3) is 11.0 Å². The highest BCUT2D eigenvalue weighted by Crippen LogP contribution is 2.34. The molecule has 0 bridgehead atoms. The maximum absolute atomic E-state index is 12.5. The van der Waals surface area contributed by atoms with E-state index >= 15 is 0 Å². The SMILES string of the molecule is Cc1cc(NC(=O)c2cnc3c(c2)c(=O)[nH]c(=O)n3C2CC2)ccc1Br. The van der Waals surface area contributed by atoms with E-state index in [1.165, 1.54) is 16.8 Å². The third-order valence-corrected chi connectivity index (χ3v) is 5.26. The van der Waals surface area contributed by atoms with Crippen LogP contribution in [0.4, 0.5) is 5.69 Å². The van der Waals surface area contributed by atoms with Crippen LogP contribution in [-0.2, 0) is 0 Å². The Morgan fingerprint density at radius 3 is 2.77 bits per heavy atom. The van der Waals surface area contributed by atoms with Gasteiger partial charge in [0.2, 0.25) is 0 Å². The first-order chi connectivity index (χ1) is 12.4. The molecule has 0 atom stereocenters. The molecule has 4 rings (SSSR count). The number of halogens is 1. The average Bonchev–Trinajstić information content (AvgIpc) is 3.43. The predicted octanol–water partition coefficient (Wildman–Crippen LogP) is 2.74. The number of carbonyl (C=O) groups excluding carboxylic acids is 1. The molecular weight excluding hydrogens is 400 g/mol. The Balaban J connectivity index is 1.73. The van der Waals surface area contributed by atoms with E-state index in [0.717, 1.165) is 22.9 Å². The van der Waals surface area contributed by atoms with Crippen molar-refractivity contribution in [3.63, 3.8) is 0 Å². The van der Waals surface area contributed by atoms with Crippen LogP contribution in [0.1, 0.15) is 34.8 Å². The molecule has 1 saturated carbocycles. The highest BCUT2D eigenvalue weighted by Gasteiger charge is 2.27. The molecule has 2 heterocycles. The summed E-state index contributed by atoms with van der Waals surface area (Å²) in [5.41, 5.74) is 1.21. The number of carbonyl (C=O) groups is 1. The second-order valence-corrected chi connectivity index (χ2v) is 7.23. The number of anilines is 1. The molecule has 1 fully saturated rings. The first-order valence-electron chi connectivity index (χ1n) is 8.16. The van der Waals surface area contributed by atoms with Crippen molar-refractivity contribution in [2.75, 3.05) is 5.32 Å². The third-order valence-electron chi connectivity index (χ3n) is 4.37. The fourth-order valence-electron chi connectivity index (χ4n) is 2.86. The predicted molar refractivity (Wildman–Crippen MR) is 102 cm³/mol. The lowest BCUT2D eigenvalue weighted by Crippen LogP contribution is -2.30. The number of aromatic nitrogens is 3. The average molecular weight is 415 g/mol. The number of benzene rings is 1. The highest BCUT2D eigenvalue weighted by atomic mass is 79.9. The number of hydrogen-bond acceptors (Lipinski definition) is 4. The lowest BCUT2D eigenvalue weighted by atomic mass is 10.2. The van der Waals surface area contributed by atoms with Gasteiger partial charge in [-0.2, -0.15) is 0 Å². The second kappa shape index (κ2) is 6.21. The van der Waals surface area contributed by atoms with Crippen molar-refractivity contribution < 1.29 is 4.79 Å². The van der Waals surface area contributed by atoms with E-state index in [-0.39, 0.29) is 22.9 Å². The van der Waals surface area contributed by atoms with Gasteiger partial charge in [0.1, 0.15) is 5.65 Å². The summed E-state index contributed by atoms with van der Waals surface area (Å²) in [6, 6.07) is 7.01. The summed E-state index contributed by atoms with van der Waals surface area (Å²) < 4.78 is 2.45. The van der Waals surface area contributed by atoms with E-state index in [9.17, 15) is 14.4 Å². The largest absolute Gasteiger partial charge is 0.330 e. The van der Waals surface area contributed by atoms with E-state index in [2.05, 4.69) is 31.2 Å². The topological polar surface area (TPSA) is 96.8 Å². The van der Waals surface area contributed by atoms with Gasteiger partial charge >= 0.3 is 5.69 Å². The Hall–Kier alpha value is -2.74. The van der Waals surface area contributed by atoms with E-state index in [0.29, 0.717) is 11.3 Å². The molecule has 0 radical (unpaired) electrons. The van der Waals surface area contributed by atoms with Crippen LogP contribution in [0.5, 0.6) is 0 Å². The molecule has 26 heavy (non-hydrogen) atoms. The molecule has 1 aliphatic rings. The van der Waals surface area contributed by atoms with E-state index in [1.54, 1.807) is 6.07 Å². The monoisotopic (exact) mass is 414 g/mol. The molecule has 0 saturated heterocycles. The van der Waals surface area contributed by atoms with Crippen LogP contribution in [0.3, 0.4) is 0 Å². The summed E-state index contributed by atoms with van der Waals surface area (Å²) in [6.07, 6.45) is 3.16.